The molecule has 16 heteroatoms. The number of aliphatic hydroxyl groups is 2. The molecule has 0 aromatic heterocycles. The molecule has 0 spiro atoms. The Morgan fingerprint density at radius 2 is 1.51 bits per heavy atom. The number of carbonyl (C=O) groups is 4. The predicted octanol–water partition coefficient (Wildman–Crippen LogP) is 8.35. The number of nitrogens with zero attached hydrogens (tertiary/aromatic N) is 1. The Hall–Kier alpha value is -2.90. The maximum atomic E-state index is 14.6. The topological polar surface area (TPSA) is 203 Å². The van der Waals surface area contributed by atoms with E-state index >= 15 is 0 Å². The van der Waals surface area contributed by atoms with Gasteiger partial charge in [0.25, 0.3) is 11.7 Å². The van der Waals surface area contributed by atoms with Gasteiger partial charge in [0, 0.05) is 71.6 Å². The van der Waals surface area contributed by atoms with Gasteiger partial charge in [-0.25, -0.2) is 4.79 Å². The summed E-state index contributed by atoms with van der Waals surface area (Å²) in [6.07, 6.45) is 12.6. The number of nitrogens with two attached hydrogens (primary N) is 1. The number of cyclic esters (lactones) is 1. The van der Waals surface area contributed by atoms with Gasteiger partial charge in [-0.05, 0) is 119 Å². The van der Waals surface area contributed by atoms with E-state index in [-0.39, 0.29) is 60.2 Å². The van der Waals surface area contributed by atoms with Gasteiger partial charge >= 0.3 is 5.97 Å². The van der Waals surface area contributed by atoms with Gasteiger partial charge in [0.05, 0.1) is 30.5 Å². The first-order valence-electron chi connectivity index (χ1n) is 27.2. The molecule has 16 atom stereocenters. The zero-order valence-electron chi connectivity index (χ0n) is 47.2. The Kier molecular flexibility index (Phi) is 24.0. The standard InChI is InChI=1S/C57H96N2O13Si/c1-35-21-17-16-18-22-36(2)47(66-10)33-42-26-24-40(6)57(65,71-42)53(62)54(63)59-28-20-19-23-44(59)55(64)70-48(34-45(60)37(3)30-39(5)51(68-12)52(69-13)50(61)38(4)29-35)43(58)31-41-25-27-46(49(32-41)67-11)72-73(14,15)56(7,8)9/h16-18,21-22,30,35,37-38,40-49,51-52,60,65H,19-20,23-29,31-34,58H2,1-15H3/b18-16?,21-17+,36-22?,39-30+/t35-,37-,38-,40-,41+,42+,43-,44+,45-,46?,47+,48+,49-,51-,52+,57-/m1/s1. The molecule has 2 bridgehead atoms. The number of hydrogen-bond donors (Lipinski definition) is 3. The molecule has 2 saturated heterocycles. The number of rotatable bonds is 9. The number of hydrogen-bond acceptors (Lipinski definition) is 14. The van der Waals surface area contributed by atoms with E-state index in [1.165, 1.54) is 19.1 Å². The van der Waals surface area contributed by atoms with Gasteiger partial charge in [0.15, 0.2) is 14.1 Å². The molecule has 73 heavy (non-hydrogen) atoms. The van der Waals surface area contributed by atoms with E-state index in [4.69, 9.17) is 38.6 Å². The van der Waals surface area contributed by atoms with Crippen molar-refractivity contribution < 1.29 is 62.2 Å². The molecule has 4 aliphatic rings. The van der Waals surface area contributed by atoms with Gasteiger partial charge in [-0.15, -0.1) is 0 Å². The van der Waals surface area contributed by atoms with Crippen LogP contribution in [0.2, 0.25) is 18.1 Å². The molecular formula is C57H96N2O13Si. The maximum absolute atomic E-state index is 14.6. The van der Waals surface area contributed by atoms with Gasteiger partial charge in [-0.2, -0.15) is 0 Å². The third kappa shape index (κ3) is 16.6. The number of aliphatic hydroxyl groups excluding tert-OH is 1. The van der Waals surface area contributed by atoms with E-state index in [1.807, 2.05) is 64.2 Å². The minimum Gasteiger partial charge on any atom is -0.459 e. The smallest absolute Gasteiger partial charge is 0.329 e. The molecule has 1 aliphatic carbocycles. The van der Waals surface area contributed by atoms with Gasteiger partial charge < -0.3 is 53.7 Å². The van der Waals surface area contributed by atoms with Crippen LogP contribution in [0.1, 0.15) is 139 Å². The number of ketones is 2. The summed E-state index contributed by atoms with van der Waals surface area (Å²) in [6.45, 7) is 22.5. The van der Waals surface area contributed by atoms with Crippen LogP contribution >= 0.6 is 0 Å². The van der Waals surface area contributed by atoms with Gasteiger partial charge in [-0.3, -0.25) is 14.4 Å². The van der Waals surface area contributed by atoms with Crippen LogP contribution in [0.15, 0.2) is 47.6 Å². The maximum Gasteiger partial charge on any atom is 0.329 e. The predicted molar refractivity (Wildman–Crippen MR) is 286 cm³/mol. The number of Topliss-reactive ketones (excluding diaryl/α,β-unsaturated/α-hetero) is 2. The highest BCUT2D eigenvalue weighted by Gasteiger charge is 2.53. The highest BCUT2D eigenvalue weighted by molar-refractivity contribution is 6.74. The fourth-order valence-electron chi connectivity index (χ4n) is 11.0. The van der Waals surface area contributed by atoms with Crippen molar-refractivity contribution in [3.05, 3.63) is 47.6 Å². The van der Waals surface area contributed by atoms with Crippen LogP contribution in [-0.4, -0.2) is 149 Å². The molecule has 4 N–H and O–H groups in total. The number of allylic oxidation sites excluding steroid dienone is 5. The minimum atomic E-state index is -2.43. The Balaban J connectivity index is 1.72. The number of piperidine rings is 1. The Bertz CT molecular complexity index is 1950. The number of methoxy groups -OCH3 is 4. The molecule has 0 radical (unpaired) electrons. The fourth-order valence-corrected chi connectivity index (χ4v) is 12.4. The van der Waals surface area contributed by atoms with Crippen molar-refractivity contribution in [3.63, 3.8) is 0 Å². The third-order valence-electron chi connectivity index (χ3n) is 16.9. The van der Waals surface area contributed by atoms with E-state index in [2.05, 4.69) is 40.8 Å². The summed E-state index contributed by atoms with van der Waals surface area (Å²) in [5, 5.41) is 24.1. The number of ether oxygens (including phenoxy) is 6. The molecule has 15 nitrogen and oxygen atoms in total. The zero-order chi connectivity index (χ0) is 54.6. The second kappa shape index (κ2) is 27.9. The second-order valence-corrected chi connectivity index (χ2v) is 28.3. The quantitative estimate of drug-likeness (QED) is 0.0861. The minimum absolute atomic E-state index is 0.0276. The summed E-state index contributed by atoms with van der Waals surface area (Å²) in [5.74, 6) is -6.82. The summed E-state index contributed by atoms with van der Waals surface area (Å²) in [5.41, 5.74) is 8.70. The van der Waals surface area contributed by atoms with Crippen molar-refractivity contribution in [1.82, 2.24) is 4.90 Å². The lowest BCUT2D eigenvalue weighted by atomic mass is 9.80. The highest BCUT2D eigenvalue weighted by Crippen LogP contribution is 2.42. The lowest BCUT2D eigenvalue weighted by Crippen LogP contribution is -2.61. The monoisotopic (exact) mass is 1040 g/mol. The number of amides is 1. The van der Waals surface area contributed by atoms with Crippen molar-refractivity contribution >= 4 is 31.8 Å². The van der Waals surface area contributed by atoms with E-state index < -0.39 is 92.3 Å². The van der Waals surface area contributed by atoms with Crippen LogP contribution in [0, 0.1) is 29.6 Å². The molecule has 1 saturated carbocycles. The first-order chi connectivity index (χ1) is 34.2. The van der Waals surface area contributed by atoms with Crippen molar-refractivity contribution in [1.29, 1.82) is 0 Å². The zero-order valence-corrected chi connectivity index (χ0v) is 48.2. The summed E-state index contributed by atoms with van der Waals surface area (Å²) in [4.78, 5) is 58.6. The molecule has 1 unspecified atom stereocenters. The van der Waals surface area contributed by atoms with E-state index in [0.29, 0.717) is 56.9 Å². The molecule has 1 amide bonds. The SMILES string of the molecule is CO[C@H]1C[C@@H]2CC[C@@H](C)[C@@](O)(O2)C(=O)C(=O)N2CCCC[C@H]2C(=O)O[C@H]([C@H](N)C[C@@H]2CCC(O[Si](C)(C)C(C)(C)C)[C@H](OC)C2)C[C@@H](O)[C@H](C)/C=C(\C)[C@@H](OC)[C@@H](OC)C(=O)[C@H](C)C[C@H](C)/C=C/C=CC=C1C. The van der Waals surface area contributed by atoms with Crippen molar-refractivity contribution in [3.8, 4) is 0 Å². The summed E-state index contributed by atoms with van der Waals surface area (Å²) in [6, 6.07) is -1.87. The average molecular weight is 1050 g/mol. The highest BCUT2D eigenvalue weighted by atomic mass is 28.4. The number of carbonyl (C=O) groups excluding carboxylic acids is 4. The average Bonchev–Trinajstić information content (AvgIpc) is 3.34. The van der Waals surface area contributed by atoms with Gasteiger partial charge in [0.1, 0.15) is 24.4 Å². The van der Waals surface area contributed by atoms with E-state index in [1.54, 1.807) is 21.1 Å². The molecule has 3 heterocycles. The van der Waals surface area contributed by atoms with Crippen LogP contribution in [0.25, 0.3) is 0 Å². The second-order valence-electron chi connectivity index (χ2n) is 23.5. The molecular weight excluding hydrogens is 949 g/mol. The van der Waals surface area contributed by atoms with Crippen LogP contribution in [0.5, 0.6) is 0 Å². The van der Waals surface area contributed by atoms with Gasteiger partial charge in [-0.1, -0.05) is 84.9 Å². The Labute approximate surface area is 439 Å². The third-order valence-corrected chi connectivity index (χ3v) is 21.4. The fraction of sp³-hybridized carbons (Fsp3) is 0.789. The lowest BCUT2D eigenvalue weighted by molar-refractivity contribution is -0.265. The first kappa shape index (κ1) is 62.6. The summed E-state index contributed by atoms with van der Waals surface area (Å²) < 4.78 is 43.1. The Morgan fingerprint density at radius 3 is 2.14 bits per heavy atom. The van der Waals surface area contributed by atoms with Crippen LogP contribution in [-0.2, 0) is 52.0 Å². The molecule has 4 rings (SSSR count). The number of fused-ring (bicyclic) bond motifs is 3. The number of esters is 1. The molecule has 3 fully saturated rings. The molecule has 416 valence electrons. The van der Waals surface area contributed by atoms with E-state index in [9.17, 15) is 29.4 Å². The molecule has 0 aromatic rings. The molecule has 3 aliphatic heterocycles. The van der Waals surface area contributed by atoms with Crippen molar-refractivity contribution in [2.24, 2.45) is 35.3 Å². The molecule has 0 aromatic carbocycles. The van der Waals surface area contributed by atoms with E-state index in [0.717, 1.165) is 18.4 Å². The lowest BCUT2D eigenvalue weighted by Gasteiger charge is -2.44. The summed E-state index contributed by atoms with van der Waals surface area (Å²) in [7, 11) is 4.23. The van der Waals surface area contributed by atoms with Gasteiger partial charge in [0.2, 0.25) is 5.79 Å². The van der Waals surface area contributed by atoms with Crippen LogP contribution in [0.3, 0.4) is 0 Å². The first-order valence-corrected chi connectivity index (χ1v) is 30.1. The summed E-state index contributed by atoms with van der Waals surface area (Å²) >= 11 is 0. The van der Waals surface area contributed by atoms with Crippen LogP contribution in [0.4, 0.5) is 0 Å². The van der Waals surface area contributed by atoms with Crippen LogP contribution < -0.4 is 5.73 Å². The normalized spacial score (nSPS) is 37.6. The van der Waals surface area contributed by atoms with Crippen molar-refractivity contribution in [2.75, 3.05) is 35.0 Å². The van der Waals surface area contributed by atoms with Crippen molar-refractivity contribution in [2.45, 2.75) is 224 Å². The largest absolute Gasteiger partial charge is 0.459 e. The Morgan fingerprint density at radius 1 is 0.822 bits per heavy atom.